The lowest BCUT2D eigenvalue weighted by Crippen LogP contribution is -2.23. The Morgan fingerprint density at radius 3 is 2.45 bits per heavy atom. The first kappa shape index (κ1) is 16.4. The van der Waals surface area contributed by atoms with Gasteiger partial charge in [-0.05, 0) is 45.0 Å². The number of methoxy groups -OCH3 is 1. The van der Waals surface area contributed by atoms with E-state index in [2.05, 4.69) is 10.4 Å². The van der Waals surface area contributed by atoms with Crippen molar-refractivity contribution in [3.05, 3.63) is 35.7 Å². The maximum absolute atomic E-state index is 12.4. The van der Waals surface area contributed by atoms with Gasteiger partial charge in [-0.3, -0.25) is 9.48 Å². The monoisotopic (exact) mass is 319 g/mol. The fourth-order valence-electron chi connectivity index (χ4n) is 2.09. The molecule has 0 fully saturated rings. The molecule has 1 amide bonds. The van der Waals surface area contributed by atoms with E-state index in [4.69, 9.17) is 4.74 Å². The predicted molar refractivity (Wildman–Crippen MR) is 89.6 cm³/mol. The lowest BCUT2D eigenvalue weighted by Gasteiger charge is -2.12. The van der Waals surface area contributed by atoms with Gasteiger partial charge in [-0.2, -0.15) is 5.10 Å². The van der Waals surface area contributed by atoms with Crippen LogP contribution in [0, 0.1) is 13.8 Å². The molecular weight excluding hydrogens is 298 g/mol. The van der Waals surface area contributed by atoms with E-state index >= 15 is 0 Å². The number of nitrogens with one attached hydrogen (secondary N) is 1. The molecule has 1 heterocycles. The molecule has 118 valence electrons. The standard InChI is InChI=1S/C16H21N3O2S/c1-10-15(11(2)19(4)18-10)17-16(20)12(3)22-14-8-6-13(21-5)7-9-14/h6-9,12H,1-5H3,(H,17,20)/t12-/m0/s1. The molecular formula is C16H21N3O2S. The Labute approximate surface area is 135 Å². The van der Waals surface area contributed by atoms with E-state index in [1.54, 1.807) is 11.8 Å². The Morgan fingerprint density at radius 2 is 1.95 bits per heavy atom. The number of amides is 1. The van der Waals surface area contributed by atoms with Gasteiger partial charge in [-0.25, -0.2) is 0 Å². The molecule has 2 aromatic rings. The first-order chi connectivity index (χ1) is 10.4. The van der Waals surface area contributed by atoms with Crippen LogP contribution in [0.2, 0.25) is 0 Å². The third-order valence-electron chi connectivity index (χ3n) is 3.50. The van der Waals surface area contributed by atoms with Crippen LogP contribution < -0.4 is 10.1 Å². The van der Waals surface area contributed by atoms with Crippen molar-refractivity contribution >= 4 is 23.4 Å². The molecule has 22 heavy (non-hydrogen) atoms. The molecule has 2 rings (SSSR count). The molecule has 0 saturated heterocycles. The average Bonchev–Trinajstić information content (AvgIpc) is 2.74. The van der Waals surface area contributed by atoms with Crippen LogP contribution in [0.4, 0.5) is 5.69 Å². The third kappa shape index (κ3) is 3.62. The Balaban J connectivity index is 2.02. The van der Waals surface area contributed by atoms with Gasteiger partial charge in [0.25, 0.3) is 0 Å². The molecule has 0 aliphatic heterocycles. The summed E-state index contributed by atoms with van der Waals surface area (Å²) in [5.74, 6) is 0.781. The topological polar surface area (TPSA) is 56.1 Å². The molecule has 1 aromatic heterocycles. The van der Waals surface area contributed by atoms with Crippen molar-refractivity contribution in [3.63, 3.8) is 0 Å². The van der Waals surface area contributed by atoms with Gasteiger partial charge in [0.2, 0.25) is 5.91 Å². The maximum Gasteiger partial charge on any atom is 0.237 e. The minimum Gasteiger partial charge on any atom is -0.497 e. The van der Waals surface area contributed by atoms with Gasteiger partial charge in [0.1, 0.15) is 5.75 Å². The second-order valence-corrected chi connectivity index (χ2v) is 6.51. The normalized spacial score (nSPS) is 12.0. The lowest BCUT2D eigenvalue weighted by atomic mass is 10.3. The zero-order valence-corrected chi connectivity index (χ0v) is 14.3. The highest BCUT2D eigenvalue weighted by Gasteiger charge is 2.18. The molecule has 6 heteroatoms. The van der Waals surface area contributed by atoms with Crippen LogP contribution in [0.1, 0.15) is 18.3 Å². The summed E-state index contributed by atoms with van der Waals surface area (Å²) in [6.07, 6.45) is 0. The summed E-state index contributed by atoms with van der Waals surface area (Å²) in [5.41, 5.74) is 2.58. The van der Waals surface area contributed by atoms with E-state index in [9.17, 15) is 4.79 Å². The van der Waals surface area contributed by atoms with Gasteiger partial charge < -0.3 is 10.1 Å². The molecule has 0 bridgehead atoms. The van der Waals surface area contributed by atoms with Gasteiger partial charge in [0, 0.05) is 11.9 Å². The highest BCUT2D eigenvalue weighted by atomic mass is 32.2. The van der Waals surface area contributed by atoms with E-state index < -0.39 is 0 Å². The summed E-state index contributed by atoms with van der Waals surface area (Å²) >= 11 is 1.51. The van der Waals surface area contributed by atoms with Crippen LogP contribution in [0.25, 0.3) is 0 Å². The van der Waals surface area contributed by atoms with Crippen LogP contribution in [-0.2, 0) is 11.8 Å². The Bertz CT molecular complexity index is 665. The maximum atomic E-state index is 12.4. The van der Waals surface area contributed by atoms with Crippen LogP contribution in [0.15, 0.2) is 29.2 Å². The smallest absolute Gasteiger partial charge is 0.237 e. The zero-order chi connectivity index (χ0) is 16.3. The summed E-state index contributed by atoms with van der Waals surface area (Å²) in [5, 5.41) is 7.08. The first-order valence-corrected chi connectivity index (χ1v) is 7.92. The number of benzene rings is 1. The molecule has 0 aliphatic rings. The van der Waals surface area contributed by atoms with Crippen molar-refractivity contribution in [3.8, 4) is 5.75 Å². The van der Waals surface area contributed by atoms with Gasteiger partial charge in [0.15, 0.2) is 0 Å². The number of ether oxygens (including phenoxy) is 1. The third-order valence-corrected chi connectivity index (χ3v) is 4.61. The summed E-state index contributed by atoms with van der Waals surface area (Å²) in [7, 11) is 3.50. The molecule has 0 radical (unpaired) electrons. The van der Waals surface area contributed by atoms with Gasteiger partial charge >= 0.3 is 0 Å². The molecule has 5 nitrogen and oxygen atoms in total. The summed E-state index contributed by atoms with van der Waals surface area (Å²) in [6, 6.07) is 7.69. The van der Waals surface area contributed by atoms with Crippen LogP contribution in [0.3, 0.4) is 0 Å². The van der Waals surface area contributed by atoms with Crippen molar-refractivity contribution in [2.45, 2.75) is 30.9 Å². The number of aromatic nitrogens is 2. The first-order valence-electron chi connectivity index (χ1n) is 7.04. The van der Waals surface area contributed by atoms with Crippen molar-refractivity contribution in [1.29, 1.82) is 0 Å². The number of carbonyl (C=O) groups excluding carboxylic acids is 1. The highest BCUT2D eigenvalue weighted by Crippen LogP contribution is 2.27. The number of aryl methyl sites for hydroxylation is 2. The fraction of sp³-hybridized carbons (Fsp3) is 0.375. The fourth-order valence-corrected chi connectivity index (χ4v) is 2.96. The van der Waals surface area contributed by atoms with E-state index in [1.807, 2.05) is 52.1 Å². The largest absolute Gasteiger partial charge is 0.497 e. The molecule has 0 unspecified atom stereocenters. The number of hydrogen-bond donors (Lipinski definition) is 1. The molecule has 0 saturated carbocycles. The number of anilines is 1. The molecule has 0 spiro atoms. The number of carbonyl (C=O) groups is 1. The van der Waals surface area contributed by atoms with E-state index in [1.165, 1.54) is 11.8 Å². The zero-order valence-electron chi connectivity index (χ0n) is 13.5. The van der Waals surface area contributed by atoms with Gasteiger partial charge in [-0.1, -0.05) is 0 Å². The number of thioether (sulfide) groups is 1. The molecule has 0 aliphatic carbocycles. The van der Waals surface area contributed by atoms with Crippen molar-refractivity contribution < 1.29 is 9.53 Å². The second kappa shape index (κ2) is 6.87. The summed E-state index contributed by atoms with van der Waals surface area (Å²) in [6.45, 7) is 5.73. The quantitative estimate of drug-likeness (QED) is 0.860. The number of nitrogens with zero attached hydrogens (tertiary/aromatic N) is 2. The highest BCUT2D eigenvalue weighted by molar-refractivity contribution is 8.00. The predicted octanol–water partition coefficient (Wildman–Crippen LogP) is 3.16. The van der Waals surface area contributed by atoms with Crippen molar-refractivity contribution in [2.75, 3.05) is 12.4 Å². The Morgan fingerprint density at radius 1 is 1.32 bits per heavy atom. The van der Waals surface area contributed by atoms with Gasteiger partial charge in [-0.15, -0.1) is 11.8 Å². The molecule has 1 aromatic carbocycles. The summed E-state index contributed by atoms with van der Waals surface area (Å²) in [4.78, 5) is 13.4. The van der Waals surface area contributed by atoms with Crippen LogP contribution in [-0.4, -0.2) is 28.0 Å². The van der Waals surface area contributed by atoms with E-state index in [0.29, 0.717) is 0 Å². The van der Waals surface area contributed by atoms with Crippen LogP contribution >= 0.6 is 11.8 Å². The van der Waals surface area contributed by atoms with E-state index in [-0.39, 0.29) is 11.2 Å². The second-order valence-electron chi connectivity index (χ2n) is 5.09. The van der Waals surface area contributed by atoms with Crippen LogP contribution in [0.5, 0.6) is 5.75 Å². The summed E-state index contributed by atoms with van der Waals surface area (Å²) < 4.78 is 6.90. The minimum atomic E-state index is -0.201. The number of hydrogen-bond acceptors (Lipinski definition) is 4. The molecule has 1 N–H and O–H groups in total. The minimum absolute atomic E-state index is 0.0278. The van der Waals surface area contributed by atoms with Gasteiger partial charge in [0.05, 0.1) is 29.4 Å². The number of rotatable bonds is 5. The van der Waals surface area contributed by atoms with Crippen molar-refractivity contribution in [1.82, 2.24) is 9.78 Å². The average molecular weight is 319 g/mol. The van der Waals surface area contributed by atoms with E-state index in [0.717, 1.165) is 27.7 Å². The lowest BCUT2D eigenvalue weighted by molar-refractivity contribution is -0.115. The van der Waals surface area contributed by atoms with Crippen molar-refractivity contribution in [2.24, 2.45) is 7.05 Å². The Hall–Kier alpha value is -1.95. The SMILES string of the molecule is COc1ccc(S[C@@H](C)C(=O)Nc2c(C)nn(C)c2C)cc1. The molecule has 1 atom stereocenters. The Kier molecular flexibility index (Phi) is 5.13.